The molecule has 0 saturated heterocycles. The molecule has 1 aliphatic rings. The Balaban J connectivity index is 1.57. The van der Waals surface area contributed by atoms with Gasteiger partial charge in [0.05, 0.1) is 18.6 Å². The Bertz CT molecular complexity index is 1400. The molecule has 10 heteroatoms. The van der Waals surface area contributed by atoms with Gasteiger partial charge in [0.25, 0.3) is 5.69 Å². The molecular weight excluding hydrogens is 466 g/mol. The number of nitro groups is 1. The number of carbonyl (C=O) groups is 1. The van der Waals surface area contributed by atoms with Crippen LogP contribution >= 0.6 is 0 Å². The molecule has 184 valence electrons. The van der Waals surface area contributed by atoms with Crippen molar-refractivity contribution in [3.05, 3.63) is 86.2 Å². The summed E-state index contributed by atoms with van der Waals surface area (Å²) in [5.41, 5.74) is 3.78. The van der Waals surface area contributed by atoms with Crippen molar-refractivity contribution in [2.45, 2.75) is 27.1 Å². The number of aryl methyl sites for hydroxylation is 1. The van der Waals surface area contributed by atoms with E-state index in [1.54, 1.807) is 7.11 Å². The number of esters is 1. The smallest absolute Gasteiger partial charge is 0.349 e. The number of ether oxygens (including phenoxy) is 4. The molecule has 0 amide bonds. The predicted molar refractivity (Wildman–Crippen MR) is 129 cm³/mol. The lowest BCUT2D eigenvalue weighted by Crippen LogP contribution is -2.15. The molecule has 0 aliphatic carbocycles. The van der Waals surface area contributed by atoms with Gasteiger partial charge in [-0.1, -0.05) is 0 Å². The molecule has 36 heavy (non-hydrogen) atoms. The van der Waals surface area contributed by atoms with E-state index in [2.05, 4.69) is 0 Å². The zero-order valence-electron chi connectivity index (χ0n) is 19.9. The summed E-state index contributed by atoms with van der Waals surface area (Å²) in [6.45, 7) is 3.64. The van der Waals surface area contributed by atoms with Crippen LogP contribution in [0.4, 0.5) is 5.69 Å². The lowest BCUT2D eigenvalue weighted by molar-refractivity contribution is -0.385. The fourth-order valence-electron chi connectivity index (χ4n) is 4.07. The molecule has 0 bridgehead atoms. The molecule has 0 radical (unpaired) electrons. The Labute approximate surface area is 207 Å². The maximum Gasteiger partial charge on any atom is 0.349 e. The van der Waals surface area contributed by atoms with Crippen LogP contribution in [0, 0.1) is 35.3 Å². The summed E-state index contributed by atoms with van der Waals surface area (Å²) < 4.78 is 23.2. The number of rotatable bonds is 7. The van der Waals surface area contributed by atoms with Gasteiger partial charge in [0, 0.05) is 40.3 Å². The van der Waals surface area contributed by atoms with Crippen LogP contribution in [0.3, 0.4) is 0 Å². The van der Waals surface area contributed by atoms with E-state index in [4.69, 9.17) is 18.9 Å². The quantitative estimate of drug-likeness (QED) is 0.156. The fourth-order valence-corrected chi connectivity index (χ4v) is 4.07. The fraction of sp³-hybridized carbons (Fsp3) is 0.231. The number of hydrogen-bond acceptors (Lipinski definition) is 8. The van der Waals surface area contributed by atoms with Crippen LogP contribution in [0.15, 0.2) is 48.0 Å². The molecule has 0 fully saturated rings. The summed E-state index contributed by atoms with van der Waals surface area (Å²) in [6, 6.07) is 13.9. The highest BCUT2D eigenvalue weighted by molar-refractivity contribution is 5.98. The molecule has 1 aliphatic heterocycles. The zero-order chi connectivity index (χ0) is 25.8. The van der Waals surface area contributed by atoms with E-state index in [1.165, 1.54) is 18.2 Å². The van der Waals surface area contributed by atoms with Crippen molar-refractivity contribution >= 4 is 17.7 Å². The van der Waals surface area contributed by atoms with E-state index >= 15 is 0 Å². The Morgan fingerprint density at radius 1 is 1.25 bits per heavy atom. The summed E-state index contributed by atoms with van der Waals surface area (Å²) in [4.78, 5) is 23.5. The highest BCUT2D eigenvalue weighted by Crippen LogP contribution is 2.33. The number of aromatic nitrogens is 1. The van der Waals surface area contributed by atoms with E-state index < -0.39 is 10.9 Å². The van der Waals surface area contributed by atoms with E-state index in [9.17, 15) is 20.2 Å². The number of hydrogen-bond donors (Lipinski definition) is 0. The van der Waals surface area contributed by atoms with E-state index in [1.807, 2.05) is 54.8 Å². The monoisotopic (exact) mass is 489 g/mol. The van der Waals surface area contributed by atoms with Crippen molar-refractivity contribution in [3.63, 3.8) is 0 Å². The first-order valence-electron chi connectivity index (χ1n) is 11.0. The Morgan fingerprint density at radius 3 is 2.67 bits per heavy atom. The normalized spacial score (nSPS) is 12.8. The highest BCUT2D eigenvalue weighted by atomic mass is 16.7. The summed E-state index contributed by atoms with van der Waals surface area (Å²) in [7, 11) is 1.60. The molecule has 2 aromatic carbocycles. The topological polar surface area (TPSA) is 126 Å². The molecule has 0 unspecified atom stereocenters. The van der Waals surface area contributed by atoms with Gasteiger partial charge < -0.3 is 23.5 Å². The lowest BCUT2D eigenvalue weighted by Gasteiger charge is -2.20. The van der Waals surface area contributed by atoms with Crippen molar-refractivity contribution in [3.8, 4) is 23.3 Å². The molecule has 10 nitrogen and oxygen atoms in total. The first kappa shape index (κ1) is 24.5. The number of carbonyl (C=O) groups excluding carboxylic acids is 1. The predicted octanol–water partition coefficient (Wildman–Crippen LogP) is 4.53. The standard InChI is InChI=1S/C26H23N3O7/c1-16-8-18(17(2)28(16)22-4-6-24(33-3)7-5-22)9-19(12-27)26(30)35-14-21-11-23(29(31)32)10-20-13-34-15-36-25(20)21/h4-11H,13-15H2,1-3H3/b19-9+. The van der Waals surface area contributed by atoms with Gasteiger partial charge in [-0.3, -0.25) is 10.1 Å². The van der Waals surface area contributed by atoms with Crippen molar-refractivity contribution < 1.29 is 28.7 Å². The number of fused-ring (bicyclic) bond motifs is 1. The van der Waals surface area contributed by atoms with Crippen LogP contribution in [-0.2, 0) is 27.5 Å². The summed E-state index contributed by atoms with van der Waals surface area (Å²) in [5.74, 6) is 0.267. The molecule has 1 aromatic heterocycles. The van der Waals surface area contributed by atoms with Gasteiger partial charge in [0.15, 0.2) is 6.79 Å². The second-order valence-corrected chi connectivity index (χ2v) is 8.07. The SMILES string of the molecule is COc1ccc(-n2c(C)cc(/C=C(\C#N)C(=O)OCc3cc([N+](=O)[O-])cc4c3OCOC4)c2C)cc1. The van der Waals surface area contributed by atoms with Gasteiger partial charge in [-0.25, -0.2) is 4.79 Å². The van der Waals surface area contributed by atoms with Gasteiger partial charge >= 0.3 is 5.97 Å². The van der Waals surface area contributed by atoms with Crippen molar-refractivity contribution in [2.75, 3.05) is 13.9 Å². The van der Waals surface area contributed by atoms with E-state index in [0.717, 1.165) is 22.8 Å². The minimum atomic E-state index is -0.848. The minimum Gasteiger partial charge on any atom is -0.497 e. The Morgan fingerprint density at radius 2 is 2.00 bits per heavy atom. The number of non-ortho nitro benzene ring substituents is 1. The maximum absolute atomic E-state index is 12.7. The lowest BCUT2D eigenvalue weighted by atomic mass is 10.1. The van der Waals surface area contributed by atoms with Crippen molar-refractivity contribution in [1.82, 2.24) is 4.57 Å². The average Bonchev–Trinajstić information content (AvgIpc) is 3.17. The molecule has 3 aromatic rings. The number of nitro benzene ring substituents is 1. The Hall–Kier alpha value is -4.62. The summed E-state index contributed by atoms with van der Waals surface area (Å²) >= 11 is 0. The number of nitriles is 1. The molecule has 0 atom stereocenters. The van der Waals surface area contributed by atoms with Crippen molar-refractivity contribution in [2.24, 2.45) is 0 Å². The van der Waals surface area contributed by atoms with Gasteiger partial charge in [-0.15, -0.1) is 0 Å². The third kappa shape index (κ3) is 4.92. The first-order valence-corrected chi connectivity index (χ1v) is 11.0. The Kier molecular flexibility index (Phi) is 7.03. The number of benzene rings is 2. The van der Waals surface area contributed by atoms with Crippen LogP contribution in [0.2, 0.25) is 0 Å². The summed E-state index contributed by atoms with van der Waals surface area (Å²) in [5, 5.41) is 20.9. The molecular formula is C26H23N3O7. The van der Waals surface area contributed by atoms with E-state index in [0.29, 0.717) is 22.4 Å². The molecule has 2 heterocycles. The first-order chi connectivity index (χ1) is 17.3. The number of nitrogens with zero attached hydrogens (tertiary/aromatic N) is 3. The highest BCUT2D eigenvalue weighted by Gasteiger charge is 2.23. The van der Waals surface area contributed by atoms with Crippen LogP contribution in [-0.4, -0.2) is 29.4 Å². The van der Waals surface area contributed by atoms with Gasteiger partial charge in [0.1, 0.15) is 29.7 Å². The maximum atomic E-state index is 12.7. The molecule has 0 saturated carbocycles. The second-order valence-electron chi connectivity index (χ2n) is 8.07. The molecule has 0 N–H and O–H groups in total. The van der Waals surface area contributed by atoms with Crippen LogP contribution in [0.5, 0.6) is 11.5 Å². The van der Waals surface area contributed by atoms with Crippen LogP contribution in [0.25, 0.3) is 11.8 Å². The average molecular weight is 489 g/mol. The largest absolute Gasteiger partial charge is 0.497 e. The second kappa shape index (κ2) is 10.3. The van der Waals surface area contributed by atoms with Gasteiger partial charge in [0.2, 0.25) is 0 Å². The van der Waals surface area contributed by atoms with Crippen LogP contribution < -0.4 is 9.47 Å². The molecule has 4 rings (SSSR count). The third-order valence-corrected chi connectivity index (χ3v) is 5.78. The summed E-state index contributed by atoms with van der Waals surface area (Å²) in [6.07, 6.45) is 1.47. The number of methoxy groups -OCH3 is 1. The third-order valence-electron chi connectivity index (χ3n) is 5.78. The molecule has 0 spiro atoms. The zero-order valence-corrected chi connectivity index (χ0v) is 19.9. The van der Waals surface area contributed by atoms with E-state index in [-0.39, 0.29) is 31.3 Å². The van der Waals surface area contributed by atoms with Crippen LogP contribution in [0.1, 0.15) is 28.1 Å². The van der Waals surface area contributed by atoms with Crippen molar-refractivity contribution in [1.29, 1.82) is 5.26 Å². The minimum absolute atomic E-state index is 0.0150. The van der Waals surface area contributed by atoms with Gasteiger partial charge in [-0.2, -0.15) is 5.26 Å². The van der Waals surface area contributed by atoms with Gasteiger partial charge in [-0.05, 0) is 55.8 Å².